The largest absolute Gasteiger partial charge is 0.0958 e. The second-order valence-corrected chi connectivity index (χ2v) is 8.70. The van der Waals surface area contributed by atoms with Crippen LogP contribution in [0.1, 0.15) is 105 Å². The van der Waals surface area contributed by atoms with Gasteiger partial charge in [-0.15, -0.1) is 0 Å². The van der Waals surface area contributed by atoms with Gasteiger partial charge in [0.2, 0.25) is 0 Å². The molecule has 27 heavy (non-hydrogen) atoms. The lowest BCUT2D eigenvalue weighted by molar-refractivity contribution is 0.286. The molecule has 1 aromatic rings. The third-order valence-corrected chi connectivity index (χ3v) is 5.53. The fourth-order valence-electron chi connectivity index (χ4n) is 4.06. The Labute approximate surface area is 171 Å². The van der Waals surface area contributed by atoms with Crippen LogP contribution in [-0.4, -0.2) is 0 Å². The van der Waals surface area contributed by atoms with E-state index in [-0.39, 0.29) is 1.43 Å². The topological polar surface area (TPSA) is 0 Å². The van der Waals surface area contributed by atoms with E-state index >= 15 is 0 Å². The summed E-state index contributed by atoms with van der Waals surface area (Å²) in [6.07, 6.45) is 11.6. The summed E-state index contributed by atoms with van der Waals surface area (Å²) in [6, 6.07) is 6.99. The third kappa shape index (κ3) is 6.52. The fraction of sp³-hybridized carbons (Fsp3) is 0.556. The summed E-state index contributed by atoms with van der Waals surface area (Å²) in [6.45, 7) is 22.0. The standard InChI is InChI=1S/C25H36.C2H6.H2/c1-8-14-25(6,7)17-24-22-13-12-20(11-10-19(5)9-2)15-21(22)16-23(24)18(3)4;1-2;/h10-13,15-16,18,24H,5,8-9,14,17H2,1-4,6-7H3;1-2H3;1H/b11-10+;;. The van der Waals surface area contributed by atoms with Crippen molar-refractivity contribution in [2.45, 2.75) is 87.0 Å². The molecule has 0 radical (unpaired) electrons. The highest BCUT2D eigenvalue weighted by molar-refractivity contribution is 5.70. The molecule has 0 fully saturated rings. The van der Waals surface area contributed by atoms with Crippen molar-refractivity contribution in [1.82, 2.24) is 0 Å². The Morgan fingerprint density at radius 3 is 2.44 bits per heavy atom. The van der Waals surface area contributed by atoms with Crippen LogP contribution in [0.4, 0.5) is 0 Å². The Morgan fingerprint density at radius 2 is 1.89 bits per heavy atom. The molecule has 0 spiro atoms. The maximum absolute atomic E-state index is 4.07. The van der Waals surface area contributed by atoms with E-state index < -0.39 is 0 Å². The van der Waals surface area contributed by atoms with Crippen molar-refractivity contribution in [1.29, 1.82) is 0 Å². The maximum atomic E-state index is 4.07. The SMILES string of the molecule is C=C(/C=C/c1ccc2c(c1)C=C(C(C)C)C2CC(C)(C)CCC)CC.CC.[HH]. The van der Waals surface area contributed by atoms with E-state index in [1.807, 2.05) is 13.8 Å². The Balaban J connectivity index is 0.00000235. The minimum absolute atomic E-state index is 0. The highest BCUT2D eigenvalue weighted by atomic mass is 14.4. The first-order valence-corrected chi connectivity index (χ1v) is 11.0. The molecule has 0 saturated heterocycles. The van der Waals surface area contributed by atoms with Crippen molar-refractivity contribution in [3.05, 3.63) is 58.7 Å². The van der Waals surface area contributed by atoms with Crippen LogP contribution in [0.5, 0.6) is 0 Å². The van der Waals surface area contributed by atoms with E-state index in [1.165, 1.54) is 41.5 Å². The van der Waals surface area contributed by atoms with Gasteiger partial charge in [-0.3, -0.25) is 0 Å². The Morgan fingerprint density at radius 1 is 1.22 bits per heavy atom. The van der Waals surface area contributed by atoms with Crippen molar-refractivity contribution in [3.63, 3.8) is 0 Å². The summed E-state index contributed by atoms with van der Waals surface area (Å²) in [5, 5.41) is 0. The minimum atomic E-state index is 0. The summed E-state index contributed by atoms with van der Waals surface area (Å²) in [5.74, 6) is 1.19. The molecular formula is C27H44. The monoisotopic (exact) mass is 368 g/mol. The van der Waals surface area contributed by atoms with Crippen molar-refractivity contribution < 1.29 is 1.43 Å². The van der Waals surface area contributed by atoms with Crippen LogP contribution in [0.15, 0.2) is 42.0 Å². The van der Waals surface area contributed by atoms with Crippen LogP contribution in [0, 0.1) is 11.3 Å². The number of hydrogen-bond donors (Lipinski definition) is 0. The number of fused-ring (bicyclic) bond motifs is 1. The van der Waals surface area contributed by atoms with Crippen molar-refractivity contribution in [2.24, 2.45) is 11.3 Å². The highest BCUT2D eigenvalue weighted by Gasteiger charge is 2.31. The third-order valence-electron chi connectivity index (χ3n) is 5.53. The molecule has 2 rings (SSSR count). The molecule has 1 unspecified atom stereocenters. The second kappa shape index (κ2) is 10.7. The zero-order valence-corrected chi connectivity index (χ0v) is 19.2. The van der Waals surface area contributed by atoms with Crippen molar-refractivity contribution >= 4 is 12.2 Å². The summed E-state index contributed by atoms with van der Waals surface area (Å²) >= 11 is 0. The molecule has 0 amide bonds. The molecule has 1 aromatic carbocycles. The molecule has 0 heteroatoms. The van der Waals surface area contributed by atoms with Crippen LogP contribution in [0.25, 0.3) is 12.2 Å². The first-order chi connectivity index (χ1) is 12.8. The van der Waals surface area contributed by atoms with E-state index in [1.54, 1.807) is 5.57 Å². The fourth-order valence-corrected chi connectivity index (χ4v) is 4.06. The highest BCUT2D eigenvalue weighted by Crippen LogP contribution is 2.47. The molecule has 1 aliphatic carbocycles. The average molecular weight is 369 g/mol. The predicted molar refractivity (Wildman–Crippen MR) is 127 cm³/mol. The number of benzene rings is 1. The molecule has 0 aromatic heterocycles. The lowest BCUT2D eigenvalue weighted by Crippen LogP contribution is -2.17. The van der Waals surface area contributed by atoms with E-state index in [0.29, 0.717) is 17.3 Å². The summed E-state index contributed by atoms with van der Waals surface area (Å²) < 4.78 is 0. The molecule has 0 bridgehead atoms. The van der Waals surface area contributed by atoms with Gasteiger partial charge < -0.3 is 0 Å². The molecular weight excluding hydrogens is 324 g/mol. The first-order valence-electron chi connectivity index (χ1n) is 11.0. The molecule has 1 atom stereocenters. The van der Waals surface area contributed by atoms with E-state index in [4.69, 9.17) is 0 Å². The van der Waals surface area contributed by atoms with Gasteiger partial charge in [-0.2, -0.15) is 0 Å². The molecule has 0 N–H and O–H groups in total. The van der Waals surface area contributed by atoms with Crippen LogP contribution in [0.3, 0.4) is 0 Å². The minimum Gasteiger partial charge on any atom is -0.0958 e. The molecule has 0 heterocycles. The summed E-state index contributed by atoms with van der Waals surface area (Å²) in [7, 11) is 0. The lowest BCUT2D eigenvalue weighted by Gasteiger charge is -2.31. The van der Waals surface area contributed by atoms with E-state index in [2.05, 4.69) is 84.5 Å². The van der Waals surface area contributed by atoms with Gasteiger partial charge in [0.1, 0.15) is 0 Å². The van der Waals surface area contributed by atoms with Gasteiger partial charge in [0.25, 0.3) is 0 Å². The number of hydrogen-bond acceptors (Lipinski definition) is 0. The van der Waals surface area contributed by atoms with E-state index in [0.717, 1.165) is 6.42 Å². The zero-order chi connectivity index (χ0) is 20.6. The average Bonchev–Trinajstić information content (AvgIpc) is 2.98. The Kier molecular flexibility index (Phi) is 9.30. The summed E-state index contributed by atoms with van der Waals surface area (Å²) in [4.78, 5) is 0. The molecule has 1 aliphatic rings. The Bertz CT molecular complexity index is 674. The van der Waals surface area contributed by atoms with Gasteiger partial charge in [0.15, 0.2) is 0 Å². The van der Waals surface area contributed by atoms with Crippen molar-refractivity contribution in [3.8, 4) is 0 Å². The van der Waals surface area contributed by atoms with Gasteiger partial charge >= 0.3 is 0 Å². The number of allylic oxidation sites excluding steroid dienone is 3. The summed E-state index contributed by atoms with van der Waals surface area (Å²) in [5.41, 5.74) is 7.41. The van der Waals surface area contributed by atoms with Crippen LogP contribution < -0.4 is 0 Å². The van der Waals surface area contributed by atoms with Crippen molar-refractivity contribution in [2.75, 3.05) is 0 Å². The van der Waals surface area contributed by atoms with E-state index in [9.17, 15) is 0 Å². The number of rotatable bonds is 8. The molecule has 0 nitrogen and oxygen atoms in total. The van der Waals surface area contributed by atoms with Gasteiger partial charge in [-0.1, -0.05) is 110 Å². The smallest absolute Gasteiger partial charge is 0.00650 e. The lowest BCUT2D eigenvalue weighted by atomic mass is 9.74. The maximum Gasteiger partial charge on any atom is 0.00650 e. The second-order valence-electron chi connectivity index (χ2n) is 8.70. The van der Waals surface area contributed by atoms with Crippen LogP contribution >= 0.6 is 0 Å². The molecule has 152 valence electrons. The first kappa shape index (κ1) is 23.5. The molecule has 0 aliphatic heterocycles. The Hall–Kier alpha value is -1.56. The molecule has 0 saturated carbocycles. The predicted octanol–water partition coefficient (Wildman–Crippen LogP) is 9.29. The quantitative estimate of drug-likeness (QED) is 0.401. The van der Waals surface area contributed by atoms with Crippen LogP contribution in [-0.2, 0) is 0 Å². The van der Waals surface area contributed by atoms with Gasteiger partial charge in [-0.25, -0.2) is 0 Å². The zero-order valence-electron chi connectivity index (χ0n) is 19.2. The van der Waals surface area contributed by atoms with Gasteiger partial charge in [0, 0.05) is 7.34 Å². The van der Waals surface area contributed by atoms with Gasteiger partial charge in [-0.05, 0) is 53.4 Å². The van der Waals surface area contributed by atoms with Gasteiger partial charge in [0.05, 0.1) is 0 Å². The normalized spacial score (nSPS) is 16.2. The van der Waals surface area contributed by atoms with Crippen LogP contribution in [0.2, 0.25) is 0 Å².